The first-order valence-electron chi connectivity index (χ1n) is 9.25. The second kappa shape index (κ2) is 9.62. The van der Waals surface area contributed by atoms with Crippen LogP contribution in [0, 0.1) is 5.82 Å². The van der Waals surface area contributed by atoms with Crippen LogP contribution >= 0.6 is 11.3 Å². The van der Waals surface area contributed by atoms with E-state index in [1.165, 1.54) is 24.5 Å². The standard InChI is InChI=1S/C22H22FNO4S/c1-3-28-19(25)12-17(14-8-5-4-6-9-14)24-22(26)21-15(13-27-2)20-16(23)10-7-11-18(20)29-21/h4-11,17H,3,12-13H2,1-2H3,(H,24,26). The van der Waals surface area contributed by atoms with Crippen LogP contribution in [0.5, 0.6) is 0 Å². The van der Waals surface area contributed by atoms with E-state index in [0.717, 1.165) is 5.56 Å². The van der Waals surface area contributed by atoms with Gasteiger partial charge in [0.15, 0.2) is 0 Å². The number of benzene rings is 2. The molecule has 152 valence electrons. The van der Waals surface area contributed by atoms with Gasteiger partial charge in [0, 0.05) is 22.8 Å². The molecule has 7 heteroatoms. The van der Waals surface area contributed by atoms with Crippen LogP contribution in [0.25, 0.3) is 10.1 Å². The van der Waals surface area contributed by atoms with Gasteiger partial charge in [-0.25, -0.2) is 4.39 Å². The number of ether oxygens (including phenoxy) is 2. The van der Waals surface area contributed by atoms with Crippen molar-refractivity contribution in [3.05, 3.63) is 70.4 Å². The largest absolute Gasteiger partial charge is 0.466 e. The summed E-state index contributed by atoms with van der Waals surface area (Å²) in [5.41, 5.74) is 1.29. The first kappa shape index (κ1) is 21.0. The average molecular weight is 415 g/mol. The highest BCUT2D eigenvalue weighted by Gasteiger charge is 2.25. The predicted molar refractivity (Wildman–Crippen MR) is 110 cm³/mol. The van der Waals surface area contributed by atoms with Crippen LogP contribution in [0.1, 0.15) is 40.2 Å². The van der Waals surface area contributed by atoms with Crippen molar-refractivity contribution < 1.29 is 23.5 Å². The van der Waals surface area contributed by atoms with Gasteiger partial charge in [0.1, 0.15) is 5.82 Å². The van der Waals surface area contributed by atoms with Crippen LogP contribution in [0.15, 0.2) is 48.5 Å². The van der Waals surface area contributed by atoms with Crippen molar-refractivity contribution >= 4 is 33.3 Å². The van der Waals surface area contributed by atoms with Gasteiger partial charge in [-0.05, 0) is 24.6 Å². The van der Waals surface area contributed by atoms with Crippen molar-refractivity contribution in [2.24, 2.45) is 0 Å². The monoisotopic (exact) mass is 415 g/mol. The highest BCUT2D eigenvalue weighted by atomic mass is 32.1. The van der Waals surface area contributed by atoms with E-state index in [9.17, 15) is 14.0 Å². The third kappa shape index (κ3) is 4.81. The second-order valence-electron chi connectivity index (χ2n) is 6.40. The molecule has 0 saturated carbocycles. The van der Waals surface area contributed by atoms with Gasteiger partial charge in [-0.15, -0.1) is 11.3 Å². The quantitative estimate of drug-likeness (QED) is 0.546. The SMILES string of the molecule is CCOC(=O)CC(NC(=O)c1sc2cccc(F)c2c1COC)c1ccccc1. The number of halogens is 1. The van der Waals surface area contributed by atoms with E-state index in [2.05, 4.69) is 5.32 Å². The van der Waals surface area contributed by atoms with E-state index in [1.54, 1.807) is 19.1 Å². The first-order valence-corrected chi connectivity index (χ1v) is 10.1. The Hall–Kier alpha value is -2.77. The van der Waals surface area contributed by atoms with Gasteiger partial charge in [-0.3, -0.25) is 9.59 Å². The zero-order chi connectivity index (χ0) is 20.8. The van der Waals surface area contributed by atoms with E-state index in [1.807, 2.05) is 30.3 Å². The predicted octanol–water partition coefficient (Wildman–Crippen LogP) is 4.61. The molecule has 2 aromatic carbocycles. The van der Waals surface area contributed by atoms with Crippen molar-refractivity contribution in [1.29, 1.82) is 0 Å². The Bertz CT molecular complexity index is 1000. The summed E-state index contributed by atoms with van der Waals surface area (Å²) in [6, 6.07) is 13.4. The maximum absolute atomic E-state index is 14.4. The van der Waals surface area contributed by atoms with Crippen LogP contribution in [0.4, 0.5) is 4.39 Å². The lowest BCUT2D eigenvalue weighted by atomic mass is 10.0. The van der Waals surface area contributed by atoms with Crippen LogP contribution in [-0.4, -0.2) is 25.6 Å². The lowest BCUT2D eigenvalue weighted by Crippen LogP contribution is -2.30. The molecule has 1 atom stereocenters. The Morgan fingerprint density at radius 1 is 1.14 bits per heavy atom. The van der Waals surface area contributed by atoms with Gasteiger partial charge in [0.2, 0.25) is 0 Å². The van der Waals surface area contributed by atoms with Gasteiger partial charge in [0.05, 0.1) is 30.6 Å². The van der Waals surface area contributed by atoms with Crippen molar-refractivity contribution in [3.8, 4) is 0 Å². The number of rotatable bonds is 8. The third-order valence-electron chi connectivity index (χ3n) is 4.44. The Morgan fingerprint density at radius 2 is 1.90 bits per heavy atom. The molecular weight excluding hydrogens is 393 g/mol. The number of nitrogens with one attached hydrogen (secondary N) is 1. The number of esters is 1. The van der Waals surface area contributed by atoms with E-state index >= 15 is 0 Å². The topological polar surface area (TPSA) is 64.6 Å². The summed E-state index contributed by atoms with van der Waals surface area (Å²) >= 11 is 1.20. The molecule has 1 heterocycles. The van der Waals surface area contributed by atoms with Gasteiger partial charge in [-0.2, -0.15) is 0 Å². The van der Waals surface area contributed by atoms with E-state index in [0.29, 0.717) is 20.5 Å². The second-order valence-corrected chi connectivity index (χ2v) is 7.45. The lowest BCUT2D eigenvalue weighted by Gasteiger charge is -2.18. The van der Waals surface area contributed by atoms with Crippen molar-refractivity contribution in [3.63, 3.8) is 0 Å². The van der Waals surface area contributed by atoms with Crippen molar-refractivity contribution in [1.82, 2.24) is 5.32 Å². The molecule has 1 unspecified atom stereocenters. The average Bonchev–Trinajstić information content (AvgIpc) is 3.08. The number of thiophene rings is 1. The summed E-state index contributed by atoms with van der Waals surface area (Å²) in [6.07, 6.45) is 0.00244. The Balaban J connectivity index is 1.94. The Kier molecular flexibility index (Phi) is 6.95. The summed E-state index contributed by atoms with van der Waals surface area (Å²) in [4.78, 5) is 25.5. The number of fused-ring (bicyclic) bond motifs is 1. The number of carbonyl (C=O) groups excluding carboxylic acids is 2. The molecule has 0 saturated heterocycles. The van der Waals surface area contributed by atoms with E-state index < -0.39 is 17.8 Å². The number of hydrogen-bond acceptors (Lipinski definition) is 5. The van der Waals surface area contributed by atoms with Gasteiger partial charge in [0.25, 0.3) is 5.91 Å². The molecule has 1 N–H and O–H groups in total. The summed E-state index contributed by atoms with van der Waals surface area (Å²) in [5, 5.41) is 3.31. The van der Waals surface area contributed by atoms with Gasteiger partial charge in [-0.1, -0.05) is 36.4 Å². The van der Waals surface area contributed by atoms with E-state index in [-0.39, 0.29) is 25.5 Å². The molecule has 0 aliphatic rings. The summed E-state index contributed by atoms with van der Waals surface area (Å²) in [6.45, 7) is 2.11. The highest BCUT2D eigenvalue weighted by Crippen LogP contribution is 2.34. The Morgan fingerprint density at radius 3 is 2.59 bits per heavy atom. The minimum Gasteiger partial charge on any atom is -0.466 e. The fourth-order valence-corrected chi connectivity index (χ4v) is 4.31. The van der Waals surface area contributed by atoms with Gasteiger partial charge >= 0.3 is 5.97 Å². The fraction of sp³-hybridized carbons (Fsp3) is 0.273. The lowest BCUT2D eigenvalue weighted by molar-refractivity contribution is -0.143. The molecule has 0 bridgehead atoms. The smallest absolute Gasteiger partial charge is 0.308 e. The van der Waals surface area contributed by atoms with Crippen LogP contribution in [0.2, 0.25) is 0 Å². The molecule has 29 heavy (non-hydrogen) atoms. The molecule has 5 nitrogen and oxygen atoms in total. The molecule has 3 aromatic rings. The van der Waals surface area contributed by atoms with Crippen molar-refractivity contribution in [2.75, 3.05) is 13.7 Å². The van der Waals surface area contributed by atoms with Gasteiger partial charge < -0.3 is 14.8 Å². The van der Waals surface area contributed by atoms with Crippen molar-refractivity contribution in [2.45, 2.75) is 26.0 Å². The molecule has 1 amide bonds. The number of hydrogen-bond donors (Lipinski definition) is 1. The van der Waals surface area contributed by atoms with Crippen LogP contribution < -0.4 is 5.32 Å². The minimum atomic E-state index is -0.562. The number of methoxy groups -OCH3 is 1. The Labute approximate surface area is 172 Å². The first-order chi connectivity index (χ1) is 14.0. The minimum absolute atomic E-state index is 0.00244. The van der Waals surface area contributed by atoms with Crippen LogP contribution in [-0.2, 0) is 20.9 Å². The molecule has 0 aliphatic carbocycles. The molecule has 3 rings (SSSR count). The fourth-order valence-electron chi connectivity index (χ4n) is 3.18. The summed E-state index contributed by atoms with van der Waals surface area (Å²) in [5.74, 6) is -1.17. The molecule has 0 radical (unpaired) electrons. The summed E-state index contributed by atoms with van der Waals surface area (Å²) < 4.78 is 25.3. The molecule has 1 aromatic heterocycles. The summed E-state index contributed by atoms with van der Waals surface area (Å²) in [7, 11) is 1.50. The highest BCUT2D eigenvalue weighted by molar-refractivity contribution is 7.21. The molecule has 0 aliphatic heterocycles. The van der Waals surface area contributed by atoms with E-state index in [4.69, 9.17) is 9.47 Å². The maximum Gasteiger partial charge on any atom is 0.308 e. The molecule has 0 fully saturated rings. The normalized spacial score (nSPS) is 12.0. The third-order valence-corrected chi connectivity index (χ3v) is 5.64. The zero-order valence-electron chi connectivity index (χ0n) is 16.2. The maximum atomic E-state index is 14.4. The van der Waals surface area contributed by atoms with Crippen LogP contribution in [0.3, 0.4) is 0 Å². The zero-order valence-corrected chi connectivity index (χ0v) is 17.1. The number of amides is 1. The molecular formula is C22H22FNO4S. The molecule has 0 spiro atoms. The number of carbonyl (C=O) groups is 2.